The fourth-order valence-electron chi connectivity index (χ4n) is 1.99. The number of carbonyl (C=O) groups excluding carboxylic acids is 2. The van der Waals surface area contributed by atoms with Gasteiger partial charge in [-0.1, -0.05) is 0 Å². The first-order valence-electron chi connectivity index (χ1n) is 5.72. The molecule has 0 saturated heterocycles. The Kier molecular flexibility index (Phi) is 3.79. The third kappa shape index (κ3) is 2.13. The minimum Gasteiger partial charge on any atom is -0.493 e. The molecule has 0 aliphatic carbocycles. The third-order valence-corrected chi connectivity index (χ3v) is 2.90. The number of fused-ring (bicyclic) bond motifs is 1. The second kappa shape index (κ2) is 5.52. The van der Waals surface area contributed by atoms with Crippen LogP contribution in [0.5, 0.6) is 11.5 Å². The van der Waals surface area contributed by atoms with Gasteiger partial charge in [0, 0.05) is 11.5 Å². The first-order valence-corrected chi connectivity index (χ1v) is 5.72. The van der Waals surface area contributed by atoms with Gasteiger partial charge in [-0.3, -0.25) is 4.79 Å². The van der Waals surface area contributed by atoms with Gasteiger partial charge in [0.1, 0.15) is 5.69 Å². The lowest BCUT2D eigenvalue weighted by Crippen LogP contribution is -2.06. The quantitative estimate of drug-likeness (QED) is 0.639. The summed E-state index contributed by atoms with van der Waals surface area (Å²) in [6.07, 6.45) is 0.492. The van der Waals surface area contributed by atoms with E-state index in [0.717, 1.165) is 0 Å². The Labute approximate surface area is 114 Å². The number of ether oxygens (including phenoxy) is 3. The molecule has 0 bridgehead atoms. The maximum atomic E-state index is 11.7. The number of esters is 1. The number of rotatable bonds is 5. The molecule has 1 aromatic carbocycles. The molecule has 7 heteroatoms. The van der Waals surface area contributed by atoms with Crippen LogP contribution in [0.25, 0.3) is 10.9 Å². The maximum absolute atomic E-state index is 11.7. The number of H-pyrrole nitrogens is 1. The van der Waals surface area contributed by atoms with Gasteiger partial charge in [0.25, 0.3) is 0 Å². The van der Waals surface area contributed by atoms with Crippen LogP contribution in [0.15, 0.2) is 12.1 Å². The van der Waals surface area contributed by atoms with Gasteiger partial charge in [-0.15, -0.1) is 0 Å². The van der Waals surface area contributed by atoms with Crippen LogP contribution >= 0.6 is 0 Å². The number of anilines is 1. The second-order valence-electron chi connectivity index (χ2n) is 3.88. The van der Waals surface area contributed by atoms with E-state index in [0.29, 0.717) is 34.5 Å². The van der Waals surface area contributed by atoms with E-state index in [-0.39, 0.29) is 5.69 Å². The lowest BCUT2D eigenvalue weighted by atomic mass is 10.2. The van der Waals surface area contributed by atoms with Gasteiger partial charge in [-0.05, 0) is 6.07 Å². The topological polar surface area (TPSA) is 89.7 Å². The van der Waals surface area contributed by atoms with E-state index in [9.17, 15) is 9.59 Å². The Balaban J connectivity index is 2.73. The Morgan fingerprint density at radius 1 is 1.20 bits per heavy atom. The standard InChI is InChI=1S/C13H14N2O5/c1-18-9-4-7-8(5-10(9)19-2)15-12(13(17)20-3)11(7)14-6-16/h4-6,15H,1-3H3,(H,14,16). The Bertz CT molecular complexity index is 662. The van der Waals surface area contributed by atoms with Crippen molar-refractivity contribution < 1.29 is 23.8 Å². The molecule has 1 amide bonds. The summed E-state index contributed by atoms with van der Waals surface area (Å²) in [7, 11) is 4.28. The fourth-order valence-corrected chi connectivity index (χ4v) is 1.99. The van der Waals surface area contributed by atoms with Gasteiger partial charge in [0.15, 0.2) is 11.5 Å². The van der Waals surface area contributed by atoms with Crippen molar-refractivity contribution in [2.45, 2.75) is 0 Å². The molecule has 0 aliphatic rings. The van der Waals surface area contributed by atoms with E-state index < -0.39 is 5.97 Å². The SMILES string of the molecule is COC(=O)c1[nH]c2cc(OC)c(OC)cc2c1NC=O. The number of hydrogen-bond acceptors (Lipinski definition) is 5. The minimum atomic E-state index is -0.580. The number of carbonyl (C=O) groups is 2. The average Bonchev–Trinajstić information content (AvgIpc) is 2.83. The van der Waals surface area contributed by atoms with Crippen molar-refractivity contribution in [1.82, 2.24) is 4.98 Å². The highest BCUT2D eigenvalue weighted by molar-refractivity contribution is 6.09. The molecule has 0 saturated carbocycles. The second-order valence-corrected chi connectivity index (χ2v) is 3.88. The summed E-state index contributed by atoms with van der Waals surface area (Å²) >= 11 is 0. The monoisotopic (exact) mass is 278 g/mol. The van der Waals surface area contributed by atoms with E-state index in [2.05, 4.69) is 15.0 Å². The number of hydrogen-bond donors (Lipinski definition) is 2. The van der Waals surface area contributed by atoms with Gasteiger partial charge in [0.2, 0.25) is 6.41 Å². The van der Waals surface area contributed by atoms with E-state index in [1.54, 1.807) is 12.1 Å². The largest absolute Gasteiger partial charge is 0.493 e. The smallest absolute Gasteiger partial charge is 0.356 e. The van der Waals surface area contributed by atoms with Crippen LogP contribution in [0.1, 0.15) is 10.5 Å². The van der Waals surface area contributed by atoms with E-state index in [1.165, 1.54) is 21.3 Å². The Morgan fingerprint density at radius 2 is 1.85 bits per heavy atom. The molecule has 20 heavy (non-hydrogen) atoms. The van der Waals surface area contributed by atoms with E-state index in [1.807, 2.05) is 0 Å². The summed E-state index contributed by atoms with van der Waals surface area (Å²) in [4.78, 5) is 25.3. The first-order chi connectivity index (χ1) is 9.65. The summed E-state index contributed by atoms with van der Waals surface area (Å²) < 4.78 is 15.1. The highest BCUT2D eigenvalue weighted by atomic mass is 16.5. The minimum absolute atomic E-state index is 0.157. The molecule has 106 valence electrons. The average molecular weight is 278 g/mol. The highest BCUT2D eigenvalue weighted by Gasteiger charge is 2.20. The predicted octanol–water partition coefficient (Wildman–Crippen LogP) is 1.54. The van der Waals surface area contributed by atoms with Crippen LogP contribution in [-0.2, 0) is 9.53 Å². The van der Waals surface area contributed by atoms with E-state index in [4.69, 9.17) is 9.47 Å². The summed E-state index contributed by atoms with van der Waals surface area (Å²) in [5.74, 6) is 0.420. The number of methoxy groups -OCH3 is 3. The number of aromatic nitrogens is 1. The molecule has 0 aliphatic heterocycles. The van der Waals surface area contributed by atoms with Crippen molar-refractivity contribution in [1.29, 1.82) is 0 Å². The normalized spacial score (nSPS) is 10.2. The molecular weight excluding hydrogens is 264 g/mol. The number of aromatic amines is 1. The zero-order chi connectivity index (χ0) is 14.7. The van der Waals surface area contributed by atoms with Crippen molar-refractivity contribution in [2.24, 2.45) is 0 Å². The zero-order valence-electron chi connectivity index (χ0n) is 11.3. The first kappa shape index (κ1) is 13.7. The summed E-state index contributed by atoms with van der Waals surface area (Å²) in [6.45, 7) is 0. The number of nitrogens with one attached hydrogen (secondary N) is 2. The predicted molar refractivity (Wildman–Crippen MR) is 72.4 cm³/mol. The third-order valence-electron chi connectivity index (χ3n) is 2.90. The van der Waals surface area contributed by atoms with Crippen molar-refractivity contribution in [3.63, 3.8) is 0 Å². The van der Waals surface area contributed by atoms with Crippen LogP contribution in [-0.4, -0.2) is 38.7 Å². The maximum Gasteiger partial charge on any atom is 0.356 e. The van der Waals surface area contributed by atoms with Crippen LogP contribution in [0.4, 0.5) is 5.69 Å². The number of benzene rings is 1. The molecule has 1 aromatic heterocycles. The van der Waals surface area contributed by atoms with Gasteiger partial charge >= 0.3 is 5.97 Å². The van der Waals surface area contributed by atoms with Gasteiger partial charge in [-0.25, -0.2) is 4.79 Å². The lowest BCUT2D eigenvalue weighted by molar-refractivity contribution is -0.105. The molecule has 0 radical (unpaired) electrons. The van der Waals surface area contributed by atoms with Crippen molar-refractivity contribution in [2.75, 3.05) is 26.6 Å². The molecule has 2 aromatic rings. The molecule has 0 fully saturated rings. The molecule has 2 rings (SSSR count). The molecule has 7 nitrogen and oxygen atoms in total. The van der Waals surface area contributed by atoms with Gasteiger partial charge in [0.05, 0.1) is 32.5 Å². The summed E-state index contributed by atoms with van der Waals surface area (Å²) in [6, 6.07) is 3.35. The van der Waals surface area contributed by atoms with Crippen LogP contribution in [0, 0.1) is 0 Å². The van der Waals surface area contributed by atoms with E-state index >= 15 is 0 Å². The fraction of sp³-hybridized carbons (Fsp3) is 0.231. The Hall–Kier alpha value is -2.70. The summed E-state index contributed by atoms with van der Waals surface area (Å²) in [5.41, 5.74) is 1.11. The molecular formula is C13H14N2O5. The molecule has 1 heterocycles. The molecule has 0 spiro atoms. The van der Waals surface area contributed by atoms with Crippen LogP contribution in [0.2, 0.25) is 0 Å². The Morgan fingerprint density at radius 3 is 2.40 bits per heavy atom. The van der Waals surface area contributed by atoms with Crippen LogP contribution < -0.4 is 14.8 Å². The van der Waals surface area contributed by atoms with Crippen molar-refractivity contribution >= 4 is 29.0 Å². The summed E-state index contributed by atoms with van der Waals surface area (Å²) in [5, 5.41) is 3.11. The highest BCUT2D eigenvalue weighted by Crippen LogP contribution is 2.37. The molecule has 0 unspecified atom stereocenters. The van der Waals surface area contributed by atoms with Gasteiger partial charge in [-0.2, -0.15) is 0 Å². The molecule has 0 atom stereocenters. The van der Waals surface area contributed by atoms with Crippen LogP contribution in [0.3, 0.4) is 0 Å². The lowest BCUT2D eigenvalue weighted by Gasteiger charge is -2.07. The van der Waals surface area contributed by atoms with Crippen molar-refractivity contribution in [3.8, 4) is 11.5 Å². The molecule has 2 N–H and O–H groups in total. The number of amides is 1. The zero-order valence-corrected chi connectivity index (χ0v) is 11.3. The van der Waals surface area contributed by atoms with Crippen molar-refractivity contribution in [3.05, 3.63) is 17.8 Å². The van der Waals surface area contributed by atoms with Gasteiger partial charge < -0.3 is 24.5 Å².